The summed E-state index contributed by atoms with van der Waals surface area (Å²) in [7, 11) is 1.62. The van der Waals surface area contributed by atoms with E-state index in [1.807, 2.05) is 24.3 Å². The summed E-state index contributed by atoms with van der Waals surface area (Å²) in [4.78, 5) is 0. The first-order valence-electron chi connectivity index (χ1n) is 5.64. The van der Waals surface area contributed by atoms with E-state index in [0.29, 0.717) is 0 Å². The Kier molecular flexibility index (Phi) is 3.33. The van der Waals surface area contributed by atoms with E-state index in [0.717, 1.165) is 11.3 Å². The number of benzene rings is 2. The highest BCUT2D eigenvalue weighted by Gasteiger charge is 2.13. The first kappa shape index (κ1) is 11.5. The third kappa shape index (κ3) is 2.41. The second-order valence-electron chi connectivity index (χ2n) is 4.06. The van der Waals surface area contributed by atoms with Crippen molar-refractivity contribution in [2.75, 3.05) is 7.11 Å². The van der Waals surface area contributed by atoms with E-state index in [1.54, 1.807) is 19.2 Å². The molecule has 1 atom stereocenters. The van der Waals surface area contributed by atoms with Crippen LogP contribution in [0.3, 0.4) is 0 Å². The smallest absolute Gasteiger partial charge is 0.126 e. The van der Waals surface area contributed by atoms with Crippen molar-refractivity contribution in [1.29, 1.82) is 0 Å². The zero-order chi connectivity index (χ0) is 12.3. The van der Waals surface area contributed by atoms with Gasteiger partial charge in [0.1, 0.15) is 11.5 Å². The van der Waals surface area contributed by atoms with Crippen molar-refractivity contribution in [3.05, 3.63) is 59.7 Å². The van der Waals surface area contributed by atoms with E-state index in [2.05, 4.69) is 19.1 Å². The zero-order valence-corrected chi connectivity index (χ0v) is 10.1. The Labute approximate surface area is 101 Å². The number of ether oxygens (including phenoxy) is 1. The molecule has 0 spiro atoms. The van der Waals surface area contributed by atoms with Crippen LogP contribution in [-0.4, -0.2) is 12.2 Å². The van der Waals surface area contributed by atoms with E-state index in [-0.39, 0.29) is 11.7 Å². The summed E-state index contributed by atoms with van der Waals surface area (Å²) in [5, 5.41) is 9.44. The van der Waals surface area contributed by atoms with Gasteiger partial charge in [0.2, 0.25) is 0 Å². The van der Waals surface area contributed by atoms with Crippen LogP contribution in [0, 0.1) is 0 Å². The molecule has 1 N–H and O–H groups in total. The molecule has 2 aromatic carbocycles. The first-order valence-corrected chi connectivity index (χ1v) is 5.64. The maximum atomic E-state index is 9.44. The van der Waals surface area contributed by atoms with Crippen molar-refractivity contribution < 1.29 is 9.84 Å². The molecule has 2 heteroatoms. The fourth-order valence-electron chi connectivity index (χ4n) is 1.98. The maximum Gasteiger partial charge on any atom is 0.126 e. The summed E-state index contributed by atoms with van der Waals surface area (Å²) in [6, 6.07) is 15.5. The SMILES string of the molecule is COc1cc(O)ccc1C(C)c1ccccc1. The molecule has 2 aromatic rings. The van der Waals surface area contributed by atoms with Gasteiger partial charge in [-0.1, -0.05) is 43.3 Å². The lowest BCUT2D eigenvalue weighted by Gasteiger charge is -2.16. The quantitative estimate of drug-likeness (QED) is 0.870. The predicted octanol–water partition coefficient (Wildman–Crippen LogP) is 3.55. The van der Waals surface area contributed by atoms with Crippen LogP contribution in [0.5, 0.6) is 11.5 Å². The molecule has 0 amide bonds. The predicted molar refractivity (Wildman–Crippen MR) is 68.6 cm³/mol. The average molecular weight is 228 g/mol. The normalized spacial score (nSPS) is 12.1. The highest BCUT2D eigenvalue weighted by molar-refractivity contribution is 5.45. The van der Waals surface area contributed by atoms with Gasteiger partial charge in [-0.05, 0) is 11.6 Å². The van der Waals surface area contributed by atoms with Crippen LogP contribution in [0.1, 0.15) is 24.0 Å². The zero-order valence-electron chi connectivity index (χ0n) is 10.1. The third-order valence-electron chi connectivity index (χ3n) is 2.98. The van der Waals surface area contributed by atoms with Gasteiger partial charge in [-0.15, -0.1) is 0 Å². The van der Waals surface area contributed by atoms with Crippen LogP contribution < -0.4 is 4.74 Å². The lowest BCUT2D eigenvalue weighted by atomic mass is 9.92. The molecule has 0 aliphatic heterocycles. The molecule has 0 saturated heterocycles. The summed E-state index contributed by atoms with van der Waals surface area (Å²) >= 11 is 0. The largest absolute Gasteiger partial charge is 0.508 e. The molecule has 2 nitrogen and oxygen atoms in total. The molecular formula is C15H16O2. The number of methoxy groups -OCH3 is 1. The first-order chi connectivity index (χ1) is 8.22. The third-order valence-corrected chi connectivity index (χ3v) is 2.98. The van der Waals surface area contributed by atoms with Gasteiger partial charge in [0.05, 0.1) is 7.11 Å². The van der Waals surface area contributed by atoms with Gasteiger partial charge in [-0.25, -0.2) is 0 Å². The minimum absolute atomic E-state index is 0.228. The molecule has 2 rings (SSSR count). The van der Waals surface area contributed by atoms with Gasteiger partial charge in [0.15, 0.2) is 0 Å². The Bertz CT molecular complexity index is 492. The van der Waals surface area contributed by atoms with Crippen LogP contribution in [-0.2, 0) is 0 Å². The van der Waals surface area contributed by atoms with Gasteiger partial charge in [-0.2, -0.15) is 0 Å². The lowest BCUT2D eigenvalue weighted by Crippen LogP contribution is -1.99. The number of hydrogen-bond donors (Lipinski definition) is 1. The molecule has 0 saturated carbocycles. The summed E-state index contributed by atoms with van der Waals surface area (Å²) < 4.78 is 5.31. The molecule has 17 heavy (non-hydrogen) atoms. The van der Waals surface area contributed by atoms with Gasteiger partial charge < -0.3 is 9.84 Å². The van der Waals surface area contributed by atoms with Crippen molar-refractivity contribution in [2.24, 2.45) is 0 Å². The molecule has 0 radical (unpaired) electrons. The summed E-state index contributed by atoms with van der Waals surface area (Å²) in [6.07, 6.45) is 0. The van der Waals surface area contributed by atoms with Crippen LogP contribution >= 0.6 is 0 Å². The maximum absolute atomic E-state index is 9.44. The highest BCUT2D eigenvalue weighted by Crippen LogP contribution is 2.33. The van der Waals surface area contributed by atoms with Crippen molar-refractivity contribution in [1.82, 2.24) is 0 Å². The van der Waals surface area contributed by atoms with Gasteiger partial charge in [0.25, 0.3) is 0 Å². The minimum Gasteiger partial charge on any atom is -0.508 e. The Balaban J connectivity index is 2.40. The molecule has 0 fully saturated rings. The highest BCUT2D eigenvalue weighted by atomic mass is 16.5. The molecule has 0 heterocycles. The van der Waals surface area contributed by atoms with E-state index in [4.69, 9.17) is 4.74 Å². The van der Waals surface area contributed by atoms with Crippen LogP contribution in [0.2, 0.25) is 0 Å². The summed E-state index contributed by atoms with van der Waals surface area (Å²) in [5.74, 6) is 1.19. The van der Waals surface area contributed by atoms with Crippen molar-refractivity contribution in [2.45, 2.75) is 12.8 Å². The van der Waals surface area contributed by atoms with E-state index < -0.39 is 0 Å². The molecule has 0 aliphatic carbocycles. The molecular weight excluding hydrogens is 212 g/mol. The van der Waals surface area contributed by atoms with E-state index in [1.165, 1.54) is 5.56 Å². The summed E-state index contributed by atoms with van der Waals surface area (Å²) in [6.45, 7) is 2.13. The van der Waals surface area contributed by atoms with Crippen LogP contribution in [0.4, 0.5) is 0 Å². The average Bonchev–Trinajstić information content (AvgIpc) is 2.39. The number of aromatic hydroxyl groups is 1. The number of phenols is 1. The van der Waals surface area contributed by atoms with Crippen molar-refractivity contribution in [3.63, 3.8) is 0 Å². The molecule has 88 valence electrons. The van der Waals surface area contributed by atoms with Crippen molar-refractivity contribution in [3.8, 4) is 11.5 Å². The van der Waals surface area contributed by atoms with E-state index in [9.17, 15) is 5.11 Å². The second-order valence-corrected chi connectivity index (χ2v) is 4.06. The minimum atomic E-state index is 0.228. The Morgan fingerprint density at radius 1 is 1.06 bits per heavy atom. The number of hydrogen-bond acceptors (Lipinski definition) is 2. The van der Waals surface area contributed by atoms with E-state index >= 15 is 0 Å². The monoisotopic (exact) mass is 228 g/mol. The number of rotatable bonds is 3. The topological polar surface area (TPSA) is 29.5 Å². The van der Waals surface area contributed by atoms with Gasteiger partial charge >= 0.3 is 0 Å². The van der Waals surface area contributed by atoms with Crippen LogP contribution in [0.25, 0.3) is 0 Å². The standard InChI is InChI=1S/C15H16O2/c1-11(12-6-4-3-5-7-12)14-9-8-13(16)10-15(14)17-2/h3-11,16H,1-2H3. The Morgan fingerprint density at radius 3 is 2.41 bits per heavy atom. The second kappa shape index (κ2) is 4.91. The summed E-state index contributed by atoms with van der Waals surface area (Å²) in [5.41, 5.74) is 2.31. The van der Waals surface area contributed by atoms with Gasteiger partial charge in [0, 0.05) is 17.5 Å². The molecule has 0 aliphatic rings. The van der Waals surface area contributed by atoms with Crippen LogP contribution in [0.15, 0.2) is 48.5 Å². The molecule has 0 bridgehead atoms. The Hall–Kier alpha value is -1.96. The Morgan fingerprint density at radius 2 is 1.76 bits per heavy atom. The number of phenolic OH excluding ortho intramolecular Hbond substituents is 1. The molecule has 0 aromatic heterocycles. The van der Waals surface area contributed by atoms with Crippen molar-refractivity contribution >= 4 is 0 Å². The molecule has 1 unspecified atom stereocenters. The fraction of sp³-hybridized carbons (Fsp3) is 0.200. The lowest BCUT2D eigenvalue weighted by molar-refractivity contribution is 0.401. The fourth-order valence-corrected chi connectivity index (χ4v) is 1.98. The van der Waals surface area contributed by atoms with Gasteiger partial charge in [-0.3, -0.25) is 0 Å².